The molecule has 0 radical (unpaired) electrons. The van der Waals surface area contributed by atoms with Crippen molar-refractivity contribution in [3.63, 3.8) is 0 Å². The molecule has 0 saturated carbocycles. The van der Waals surface area contributed by atoms with Gasteiger partial charge in [-0.2, -0.15) is 5.26 Å². The zero-order valence-corrected chi connectivity index (χ0v) is 10.5. The van der Waals surface area contributed by atoms with E-state index in [1.165, 1.54) is 6.20 Å². The molecule has 90 valence electrons. The van der Waals surface area contributed by atoms with E-state index in [1.807, 2.05) is 19.9 Å². The highest BCUT2D eigenvalue weighted by Crippen LogP contribution is 1.97. The number of carbonyl (C=O) groups is 1. The fourth-order valence-corrected chi connectivity index (χ4v) is 1.03. The van der Waals surface area contributed by atoms with Gasteiger partial charge >= 0.3 is 0 Å². The highest BCUT2D eigenvalue weighted by atomic mass is 16.1. The summed E-state index contributed by atoms with van der Waals surface area (Å²) in [7, 11) is 0. The van der Waals surface area contributed by atoms with Crippen LogP contribution in [-0.4, -0.2) is 18.5 Å². The van der Waals surface area contributed by atoms with Gasteiger partial charge in [0.15, 0.2) is 0 Å². The molecule has 0 aliphatic carbocycles. The number of rotatable bonds is 6. The molecule has 0 aliphatic rings. The molecule has 0 unspecified atom stereocenters. The van der Waals surface area contributed by atoms with E-state index in [4.69, 9.17) is 5.26 Å². The minimum atomic E-state index is -0.324. The van der Waals surface area contributed by atoms with Crippen LogP contribution in [0.25, 0.3) is 0 Å². The van der Waals surface area contributed by atoms with E-state index in [0.29, 0.717) is 5.92 Å². The molecule has 0 fully saturated rings. The Morgan fingerprint density at radius 3 is 2.44 bits per heavy atom. The van der Waals surface area contributed by atoms with Gasteiger partial charge in [-0.1, -0.05) is 13.8 Å². The summed E-state index contributed by atoms with van der Waals surface area (Å²) in [5.74, 6) is 0.283. The second-order valence-electron chi connectivity index (χ2n) is 4.43. The quantitative estimate of drug-likeness (QED) is 0.408. The van der Waals surface area contributed by atoms with Crippen LogP contribution >= 0.6 is 0 Å². The molecule has 0 bridgehead atoms. The van der Waals surface area contributed by atoms with Crippen molar-refractivity contribution in [2.75, 3.05) is 6.54 Å². The number of hydrogen-bond acceptors (Lipinski definition) is 3. The van der Waals surface area contributed by atoms with Gasteiger partial charge in [-0.05, 0) is 26.2 Å². The molecule has 0 aliphatic heterocycles. The molecular weight excluding hydrogens is 202 g/mol. The summed E-state index contributed by atoms with van der Waals surface area (Å²) < 4.78 is 0. The SMILES string of the molecule is CC(C)CCN/C=C(/C#N)C(=O)NC(C)C. The van der Waals surface area contributed by atoms with E-state index in [2.05, 4.69) is 24.5 Å². The number of nitrogens with zero attached hydrogens (tertiary/aromatic N) is 1. The summed E-state index contributed by atoms with van der Waals surface area (Å²) in [4.78, 5) is 11.5. The lowest BCUT2D eigenvalue weighted by molar-refractivity contribution is -0.117. The first kappa shape index (κ1) is 14.5. The Bertz CT molecular complexity index is 287. The number of hydrogen-bond donors (Lipinski definition) is 2. The second-order valence-corrected chi connectivity index (χ2v) is 4.43. The van der Waals surface area contributed by atoms with Crippen LogP contribution in [0.5, 0.6) is 0 Å². The van der Waals surface area contributed by atoms with Crippen LogP contribution in [0.1, 0.15) is 34.1 Å². The fourth-order valence-electron chi connectivity index (χ4n) is 1.03. The molecule has 1 amide bonds. The van der Waals surface area contributed by atoms with Crippen LogP contribution < -0.4 is 10.6 Å². The monoisotopic (exact) mass is 223 g/mol. The Balaban J connectivity index is 4.12. The zero-order valence-electron chi connectivity index (χ0n) is 10.5. The zero-order chi connectivity index (χ0) is 12.6. The Kier molecular flexibility index (Phi) is 7.02. The van der Waals surface area contributed by atoms with Crippen LogP contribution in [0.15, 0.2) is 11.8 Å². The molecule has 0 saturated heterocycles. The van der Waals surface area contributed by atoms with Crippen molar-refractivity contribution in [2.45, 2.75) is 40.2 Å². The molecule has 16 heavy (non-hydrogen) atoms. The Labute approximate surface area is 97.7 Å². The third-order valence-corrected chi connectivity index (χ3v) is 1.90. The third kappa shape index (κ3) is 6.88. The van der Waals surface area contributed by atoms with Crippen LogP contribution in [0.4, 0.5) is 0 Å². The second kappa shape index (κ2) is 7.75. The maximum absolute atomic E-state index is 11.5. The molecule has 2 N–H and O–H groups in total. The topological polar surface area (TPSA) is 64.9 Å². The summed E-state index contributed by atoms with van der Waals surface area (Å²) >= 11 is 0. The molecule has 0 atom stereocenters. The van der Waals surface area contributed by atoms with Gasteiger partial charge in [-0.3, -0.25) is 4.79 Å². The number of nitriles is 1. The standard InChI is InChI=1S/C12H21N3O/c1-9(2)5-6-14-8-11(7-13)12(16)15-10(3)4/h8-10,14H,5-6H2,1-4H3,(H,15,16)/b11-8-. The van der Waals surface area contributed by atoms with Crippen molar-refractivity contribution in [1.29, 1.82) is 5.26 Å². The average molecular weight is 223 g/mol. The Hall–Kier alpha value is -1.50. The van der Waals surface area contributed by atoms with Gasteiger partial charge in [0.1, 0.15) is 11.6 Å². The van der Waals surface area contributed by atoms with Gasteiger partial charge in [0.05, 0.1) is 0 Å². The first-order valence-electron chi connectivity index (χ1n) is 5.61. The van der Waals surface area contributed by atoms with E-state index in [-0.39, 0.29) is 17.5 Å². The number of nitrogens with one attached hydrogen (secondary N) is 2. The minimum Gasteiger partial charge on any atom is -0.390 e. The number of carbonyl (C=O) groups excluding carboxylic acids is 1. The Morgan fingerprint density at radius 2 is 2.00 bits per heavy atom. The molecule has 0 spiro atoms. The van der Waals surface area contributed by atoms with Crippen molar-refractivity contribution >= 4 is 5.91 Å². The van der Waals surface area contributed by atoms with E-state index in [9.17, 15) is 4.79 Å². The third-order valence-electron chi connectivity index (χ3n) is 1.90. The maximum atomic E-state index is 11.5. The Morgan fingerprint density at radius 1 is 1.38 bits per heavy atom. The van der Waals surface area contributed by atoms with Crippen LogP contribution in [0, 0.1) is 17.2 Å². The largest absolute Gasteiger partial charge is 0.390 e. The van der Waals surface area contributed by atoms with Crippen LogP contribution in [0.3, 0.4) is 0 Å². The van der Waals surface area contributed by atoms with Crippen molar-refractivity contribution in [3.8, 4) is 6.07 Å². The van der Waals surface area contributed by atoms with E-state index in [1.54, 1.807) is 0 Å². The van der Waals surface area contributed by atoms with E-state index < -0.39 is 0 Å². The normalized spacial score (nSPS) is 11.4. The van der Waals surface area contributed by atoms with Crippen molar-refractivity contribution in [3.05, 3.63) is 11.8 Å². The van der Waals surface area contributed by atoms with Crippen LogP contribution in [-0.2, 0) is 4.79 Å². The molecule has 0 rings (SSSR count). The van der Waals surface area contributed by atoms with Gasteiger partial charge in [0.25, 0.3) is 5.91 Å². The van der Waals surface area contributed by atoms with Crippen molar-refractivity contribution in [1.82, 2.24) is 10.6 Å². The average Bonchev–Trinajstić information content (AvgIpc) is 2.16. The van der Waals surface area contributed by atoms with Crippen molar-refractivity contribution in [2.24, 2.45) is 5.92 Å². The molecule has 0 aromatic rings. The molecule has 4 heteroatoms. The van der Waals surface area contributed by atoms with Gasteiger partial charge < -0.3 is 10.6 Å². The molecule has 4 nitrogen and oxygen atoms in total. The molecule has 0 aromatic carbocycles. The van der Waals surface area contributed by atoms with Gasteiger partial charge in [0.2, 0.25) is 0 Å². The van der Waals surface area contributed by atoms with Gasteiger partial charge in [-0.15, -0.1) is 0 Å². The smallest absolute Gasteiger partial charge is 0.263 e. The maximum Gasteiger partial charge on any atom is 0.263 e. The summed E-state index contributed by atoms with van der Waals surface area (Å²) in [6.45, 7) is 8.75. The summed E-state index contributed by atoms with van der Waals surface area (Å²) in [5, 5.41) is 14.4. The lowest BCUT2D eigenvalue weighted by atomic mass is 10.1. The van der Waals surface area contributed by atoms with Crippen molar-refractivity contribution < 1.29 is 4.79 Å². The lowest BCUT2D eigenvalue weighted by Gasteiger charge is -2.08. The summed E-state index contributed by atoms with van der Waals surface area (Å²) in [6.07, 6.45) is 2.50. The first-order chi connectivity index (χ1) is 7.47. The minimum absolute atomic E-state index is 0.0416. The van der Waals surface area contributed by atoms with Crippen LogP contribution in [0.2, 0.25) is 0 Å². The van der Waals surface area contributed by atoms with Gasteiger partial charge in [0, 0.05) is 18.8 Å². The predicted octanol–water partition coefficient (Wildman–Crippen LogP) is 1.55. The molecule has 0 heterocycles. The summed E-state index contributed by atoms with van der Waals surface area (Å²) in [5.41, 5.74) is 0.123. The lowest BCUT2D eigenvalue weighted by Crippen LogP contribution is -2.31. The highest BCUT2D eigenvalue weighted by molar-refractivity contribution is 5.97. The molecular formula is C12H21N3O. The molecule has 0 aromatic heterocycles. The van der Waals surface area contributed by atoms with Gasteiger partial charge in [-0.25, -0.2) is 0 Å². The fraction of sp³-hybridized carbons (Fsp3) is 0.667. The van der Waals surface area contributed by atoms with E-state index in [0.717, 1.165) is 13.0 Å². The predicted molar refractivity (Wildman–Crippen MR) is 64.4 cm³/mol. The first-order valence-corrected chi connectivity index (χ1v) is 5.61. The highest BCUT2D eigenvalue weighted by Gasteiger charge is 2.09. The van der Waals surface area contributed by atoms with E-state index >= 15 is 0 Å². The summed E-state index contributed by atoms with van der Waals surface area (Å²) in [6, 6.07) is 1.92. The number of amides is 1.